The fourth-order valence-corrected chi connectivity index (χ4v) is 5.14. The van der Waals surface area contributed by atoms with Gasteiger partial charge in [-0.25, -0.2) is 23.8 Å². The summed E-state index contributed by atoms with van der Waals surface area (Å²) in [5.41, 5.74) is 3.98. The molecule has 1 aliphatic rings. The first kappa shape index (κ1) is 28.2. The lowest BCUT2D eigenvalue weighted by Gasteiger charge is -2.21. The Balaban J connectivity index is 1.42. The molecule has 2 aromatic carbocycles. The van der Waals surface area contributed by atoms with Gasteiger partial charge in [0.15, 0.2) is 0 Å². The van der Waals surface area contributed by atoms with Gasteiger partial charge in [0, 0.05) is 70.3 Å². The first-order valence-electron chi connectivity index (χ1n) is 13.5. The van der Waals surface area contributed by atoms with Gasteiger partial charge in [0.05, 0.1) is 18.3 Å². The number of benzene rings is 2. The van der Waals surface area contributed by atoms with Crippen LogP contribution in [0.3, 0.4) is 0 Å². The third kappa shape index (κ3) is 6.36. The van der Waals surface area contributed by atoms with Crippen LogP contribution in [-0.2, 0) is 4.74 Å². The van der Waals surface area contributed by atoms with Crippen LogP contribution in [0.25, 0.3) is 16.9 Å². The highest BCUT2D eigenvalue weighted by atomic mass is 19.1. The third-order valence-electron chi connectivity index (χ3n) is 7.29. The van der Waals surface area contributed by atoms with Crippen molar-refractivity contribution in [2.75, 3.05) is 57.7 Å². The highest BCUT2D eigenvalue weighted by Gasteiger charge is 2.35. The first-order chi connectivity index (χ1) is 19.8. The van der Waals surface area contributed by atoms with E-state index in [0.717, 1.165) is 35.5 Å². The van der Waals surface area contributed by atoms with Crippen molar-refractivity contribution in [3.05, 3.63) is 83.9 Å². The molecule has 0 unspecified atom stereocenters. The maximum absolute atomic E-state index is 13.6. The van der Waals surface area contributed by atoms with Crippen molar-refractivity contribution in [3.63, 3.8) is 0 Å². The highest BCUT2D eigenvalue weighted by molar-refractivity contribution is 5.91. The molecule has 214 valence electrons. The van der Waals surface area contributed by atoms with Crippen molar-refractivity contribution < 1.29 is 13.9 Å². The molecule has 0 saturated carbocycles. The highest BCUT2D eigenvalue weighted by Crippen LogP contribution is 2.31. The van der Waals surface area contributed by atoms with Crippen LogP contribution < -0.4 is 15.5 Å². The van der Waals surface area contributed by atoms with Crippen molar-refractivity contribution in [2.45, 2.75) is 18.9 Å². The van der Waals surface area contributed by atoms with E-state index >= 15 is 0 Å². The monoisotopic (exact) mass is 558 g/mol. The zero-order valence-electron chi connectivity index (χ0n) is 23.7. The molecule has 2 atom stereocenters. The Morgan fingerprint density at radius 1 is 1.07 bits per heavy atom. The molecule has 2 amide bonds. The van der Waals surface area contributed by atoms with Crippen LogP contribution >= 0.6 is 0 Å². The van der Waals surface area contributed by atoms with Crippen molar-refractivity contribution in [2.24, 2.45) is 0 Å². The number of anilines is 2. The number of ether oxygens (including phenoxy) is 1. The van der Waals surface area contributed by atoms with Gasteiger partial charge in [-0.05, 0) is 36.8 Å². The molecule has 10 nitrogen and oxygen atoms in total. The van der Waals surface area contributed by atoms with Crippen molar-refractivity contribution >= 4 is 17.8 Å². The largest absolute Gasteiger partial charge is 0.383 e. The van der Waals surface area contributed by atoms with Crippen LogP contribution in [0.1, 0.15) is 17.0 Å². The standard InChI is InChI=1S/C30H35FN8O2/c1-20-27(22-16-32-29(33-17-22)37(2)3)36-39(24-8-6-5-7-9-24)28(20)35-30(40)34-26-19-38(14-15-41-4)18-25(26)21-10-12-23(31)13-11-21/h5-13,16-17,25-26H,14-15,18-19H2,1-4H3,(H2,34,35,40)/t25-,26+/m0/s1. The summed E-state index contributed by atoms with van der Waals surface area (Å²) in [6.07, 6.45) is 3.47. The molecular formula is C30H35FN8O2. The summed E-state index contributed by atoms with van der Waals surface area (Å²) < 4.78 is 20.6. The molecule has 1 aliphatic heterocycles. The van der Waals surface area contributed by atoms with Crippen LogP contribution in [0.5, 0.6) is 0 Å². The molecule has 1 fully saturated rings. The van der Waals surface area contributed by atoms with Gasteiger partial charge in [0.2, 0.25) is 5.95 Å². The number of carbonyl (C=O) groups is 1. The molecule has 5 rings (SSSR count). The second kappa shape index (κ2) is 12.4. The Bertz CT molecular complexity index is 1460. The number of urea groups is 1. The summed E-state index contributed by atoms with van der Waals surface area (Å²) >= 11 is 0. The number of halogens is 1. The fraction of sp³-hybridized carbons (Fsp3) is 0.333. The zero-order chi connectivity index (χ0) is 28.9. The molecule has 0 bridgehead atoms. The number of rotatable bonds is 9. The van der Waals surface area contributed by atoms with Gasteiger partial charge < -0.3 is 15.0 Å². The van der Waals surface area contributed by atoms with Gasteiger partial charge in [0.25, 0.3) is 0 Å². The molecule has 2 N–H and O–H groups in total. The number of hydrogen-bond acceptors (Lipinski definition) is 7. The molecule has 0 radical (unpaired) electrons. The minimum Gasteiger partial charge on any atom is -0.383 e. The quantitative estimate of drug-likeness (QED) is 0.319. The summed E-state index contributed by atoms with van der Waals surface area (Å²) in [7, 11) is 5.44. The topological polar surface area (TPSA) is 100 Å². The normalized spacial score (nSPS) is 17.0. The smallest absolute Gasteiger partial charge is 0.320 e. The fourth-order valence-electron chi connectivity index (χ4n) is 5.14. The van der Waals surface area contributed by atoms with Crippen LogP contribution in [0.4, 0.5) is 21.0 Å². The second-order valence-corrected chi connectivity index (χ2v) is 10.4. The number of nitrogens with one attached hydrogen (secondary N) is 2. The van der Waals surface area contributed by atoms with E-state index in [0.29, 0.717) is 30.6 Å². The predicted octanol–water partition coefficient (Wildman–Crippen LogP) is 4.08. The summed E-state index contributed by atoms with van der Waals surface area (Å²) in [5, 5.41) is 11.1. The van der Waals surface area contributed by atoms with Gasteiger partial charge in [-0.1, -0.05) is 30.3 Å². The lowest BCUT2D eigenvalue weighted by Crippen LogP contribution is -2.42. The minimum absolute atomic E-state index is 0.00117. The minimum atomic E-state index is -0.346. The Kier molecular flexibility index (Phi) is 8.55. The number of methoxy groups -OCH3 is 1. The third-order valence-corrected chi connectivity index (χ3v) is 7.29. The number of likely N-dealkylation sites (tertiary alicyclic amines) is 1. The maximum atomic E-state index is 13.6. The van der Waals surface area contributed by atoms with E-state index < -0.39 is 0 Å². The molecule has 0 aliphatic carbocycles. The molecule has 11 heteroatoms. The van der Waals surface area contributed by atoms with E-state index in [4.69, 9.17) is 9.84 Å². The molecular weight excluding hydrogens is 523 g/mol. The average molecular weight is 559 g/mol. The Morgan fingerprint density at radius 2 is 1.78 bits per heavy atom. The number of nitrogens with zero attached hydrogens (tertiary/aromatic N) is 6. The van der Waals surface area contributed by atoms with Crippen LogP contribution in [0, 0.1) is 12.7 Å². The number of hydrogen-bond donors (Lipinski definition) is 2. The Hall–Kier alpha value is -4.35. The van der Waals surface area contributed by atoms with Gasteiger partial charge in [0.1, 0.15) is 17.3 Å². The van der Waals surface area contributed by atoms with E-state index in [9.17, 15) is 9.18 Å². The lowest BCUT2D eigenvalue weighted by atomic mass is 9.94. The maximum Gasteiger partial charge on any atom is 0.320 e. The van der Waals surface area contributed by atoms with E-state index in [1.165, 1.54) is 12.1 Å². The summed E-state index contributed by atoms with van der Waals surface area (Å²) in [4.78, 5) is 26.5. The predicted molar refractivity (Wildman–Crippen MR) is 157 cm³/mol. The van der Waals surface area contributed by atoms with E-state index in [2.05, 4.69) is 25.5 Å². The summed E-state index contributed by atoms with van der Waals surface area (Å²) in [6, 6.07) is 15.6. The molecule has 0 spiro atoms. The number of aromatic nitrogens is 4. The Labute approximate surface area is 239 Å². The van der Waals surface area contributed by atoms with Crippen LogP contribution in [0.15, 0.2) is 67.0 Å². The SMILES string of the molecule is COCCN1C[C@@H](NC(=O)Nc2c(C)c(-c3cnc(N(C)C)nc3)nn2-c2ccccc2)[C@H](c2ccc(F)cc2)C1. The van der Waals surface area contributed by atoms with Crippen LogP contribution in [0.2, 0.25) is 0 Å². The molecule has 1 saturated heterocycles. The first-order valence-corrected chi connectivity index (χ1v) is 13.5. The van der Waals surface area contributed by atoms with Crippen molar-refractivity contribution in [1.82, 2.24) is 30.0 Å². The second-order valence-electron chi connectivity index (χ2n) is 10.4. The van der Waals surface area contributed by atoms with E-state index in [1.807, 2.05) is 56.3 Å². The van der Waals surface area contributed by atoms with E-state index in [1.54, 1.807) is 36.3 Å². The van der Waals surface area contributed by atoms with Crippen LogP contribution in [-0.4, -0.2) is 84.2 Å². The summed E-state index contributed by atoms with van der Waals surface area (Å²) in [5.74, 6) is 0.861. The van der Waals surface area contributed by atoms with Gasteiger partial charge in [-0.15, -0.1) is 0 Å². The number of amides is 2. The van der Waals surface area contributed by atoms with Crippen molar-refractivity contribution in [1.29, 1.82) is 0 Å². The van der Waals surface area contributed by atoms with Gasteiger partial charge in [-0.2, -0.15) is 5.10 Å². The van der Waals surface area contributed by atoms with Gasteiger partial charge in [-0.3, -0.25) is 10.2 Å². The molecule has 41 heavy (non-hydrogen) atoms. The van der Waals surface area contributed by atoms with Gasteiger partial charge >= 0.3 is 6.03 Å². The van der Waals surface area contributed by atoms with E-state index in [-0.39, 0.29) is 23.8 Å². The Morgan fingerprint density at radius 3 is 2.44 bits per heavy atom. The lowest BCUT2D eigenvalue weighted by molar-refractivity contribution is 0.159. The molecule has 3 heterocycles. The van der Waals surface area contributed by atoms with Crippen molar-refractivity contribution in [3.8, 4) is 16.9 Å². The zero-order valence-corrected chi connectivity index (χ0v) is 23.7. The average Bonchev–Trinajstić information content (AvgIpc) is 3.53. The number of carbonyl (C=O) groups excluding carboxylic acids is 1. The molecule has 2 aromatic heterocycles. The molecule has 4 aromatic rings. The number of para-hydroxylation sites is 1. The summed E-state index contributed by atoms with van der Waals surface area (Å²) in [6.45, 7) is 4.63.